The number of unbranched alkanes of at least 4 members (excludes halogenated alkanes) is 12. The van der Waals surface area contributed by atoms with Crippen LogP contribution in [0.15, 0.2) is 0 Å². The van der Waals surface area contributed by atoms with Gasteiger partial charge in [0.2, 0.25) is 0 Å². The van der Waals surface area contributed by atoms with Crippen molar-refractivity contribution < 1.29 is 13.6 Å². The smallest absolute Gasteiger partial charge is 0.115 e. The molecule has 0 spiro atoms. The van der Waals surface area contributed by atoms with E-state index in [2.05, 4.69) is 55.4 Å². The quantitative estimate of drug-likeness (QED) is 0.0709. The van der Waals surface area contributed by atoms with E-state index >= 15 is 0 Å². The third-order valence-corrected chi connectivity index (χ3v) is 9.54. The summed E-state index contributed by atoms with van der Waals surface area (Å²) in [5.74, 6) is 1.64. The van der Waals surface area contributed by atoms with Crippen molar-refractivity contribution in [1.82, 2.24) is 0 Å². The van der Waals surface area contributed by atoms with E-state index in [0.29, 0.717) is 23.7 Å². The summed E-state index contributed by atoms with van der Waals surface area (Å²) in [6.45, 7) is 18.3. The highest BCUT2D eigenvalue weighted by atomic mass is 31.1. The molecule has 0 aliphatic carbocycles. The van der Waals surface area contributed by atoms with Crippen molar-refractivity contribution in [3.8, 4) is 0 Å². The molecule has 0 saturated carbocycles. The lowest BCUT2D eigenvalue weighted by Gasteiger charge is -2.27. The van der Waals surface area contributed by atoms with E-state index in [1.807, 2.05) is 0 Å². The maximum atomic E-state index is 13.5. The Hall–Kier alpha value is 0.0200. The fraction of sp³-hybridized carbons (Fsp3) is 1.00. The van der Waals surface area contributed by atoms with Crippen LogP contribution >= 0.6 is 8.25 Å². The fourth-order valence-electron chi connectivity index (χ4n) is 5.99. The zero-order valence-corrected chi connectivity index (χ0v) is 28.2. The molecule has 0 bridgehead atoms. The van der Waals surface area contributed by atoms with Crippen LogP contribution in [0.2, 0.25) is 0 Å². The van der Waals surface area contributed by atoms with Gasteiger partial charge in [0.1, 0.15) is 12.2 Å². The molecular weight excluding hydrogens is 487 g/mol. The van der Waals surface area contributed by atoms with E-state index in [1.165, 1.54) is 103 Å². The van der Waals surface area contributed by atoms with E-state index in [-0.39, 0.29) is 12.2 Å². The van der Waals surface area contributed by atoms with Crippen LogP contribution in [-0.4, -0.2) is 12.2 Å². The summed E-state index contributed by atoms with van der Waals surface area (Å²) in [5, 5.41) is 0. The van der Waals surface area contributed by atoms with Crippen molar-refractivity contribution in [1.29, 1.82) is 0 Å². The van der Waals surface area contributed by atoms with Crippen LogP contribution in [0.4, 0.5) is 0 Å². The minimum atomic E-state index is -2.13. The first-order valence-electron chi connectivity index (χ1n) is 17.1. The Morgan fingerprint density at radius 3 is 0.868 bits per heavy atom. The van der Waals surface area contributed by atoms with Gasteiger partial charge in [0.15, 0.2) is 0 Å². The molecule has 4 heteroatoms. The molecule has 0 heterocycles. The van der Waals surface area contributed by atoms with Gasteiger partial charge in [0, 0.05) is 4.57 Å². The van der Waals surface area contributed by atoms with Crippen molar-refractivity contribution in [2.45, 2.75) is 196 Å². The van der Waals surface area contributed by atoms with Crippen molar-refractivity contribution in [3.63, 3.8) is 0 Å². The second kappa shape index (κ2) is 26.0. The molecule has 0 N–H and O–H groups in total. The number of hydrogen-bond acceptors (Lipinski definition) is 3. The van der Waals surface area contributed by atoms with Gasteiger partial charge in [-0.25, -0.2) is 0 Å². The highest BCUT2D eigenvalue weighted by Gasteiger charge is 2.39. The average molecular weight is 558 g/mol. The summed E-state index contributed by atoms with van der Waals surface area (Å²) in [6.07, 6.45) is 25.0. The zero-order valence-electron chi connectivity index (χ0n) is 27.3. The molecule has 0 aliphatic rings. The molecule has 0 saturated heterocycles. The van der Waals surface area contributed by atoms with Crippen LogP contribution < -0.4 is 0 Å². The Balaban J connectivity index is 5.29. The minimum Gasteiger partial charge on any atom is -0.115 e. The van der Waals surface area contributed by atoms with Gasteiger partial charge < -0.3 is 0 Å². The largest absolute Gasteiger partial charge is 0.697 e. The van der Waals surface area contributed by atoms with Crippen molar-refractivity contribution in [2.75, 3.05) is 0 Å². The lowest BCUT2D eigenvalue weighted by atomic mass is 9.86. The molecule has 0 radical (unpaired) electrons. The van der Waals surface area contributed by atoms with Gasteiger partial charge in [0.05, 0.1) is 0 Å². The molecule has 0 amide bonds. The summed E-state index contributed by atoms with van der Waals surface area (Å²) in [6, 6.07) is 0. The molecule has 0 fully saturated rings. The topological polar surface area (TPSA) is 35.5 Å². The Kier molecular flexibility index (Phi) is 26.0. The fourth-order valence-corrected chi connectivity index (χ4v) is 7.27. The van der Waals surface area contributed by atoms with Gasteiger partial charge >= 0.3 is 8.25 Å². The summed E-state index contributed by atoms with van der Waals surface area (Å²) in [5.41, 5.74) is 0. The summed E-state index contributed by atoms with van der Waals surface area (Å²) >= 11 is 0. The first kappa shape index (κ1) is 38.0. The Bertz CT molecular complexity index is 446. The average Bonchev–Trinajstić information content (AvgIpc) is 2.90. The van der Waals surface area contributed by atoms with Crippen molar-refractivity contribution >= 4 is 8.25 Å². The second-order valence-electron chi connectivity index (χ2n) is 12.7. The Morgan fingerprint density at radius 2 is 0.658 bits per heavy atom. The standard InChI is InChI=1S/C34H70O3P/c1-9-13-17-21-25-29(5)33(30(6)26-22-18-14-10-2)36-38(35)37-34(31(7)27-23-19-15-11-3)32(8)28-24-20-16-12-4/h29-34H,9-28H2,1-8H3/q+1. The molecule has 0 rings (SSSR count). The molecule has 228 valence electrons. The summed E-state index contributed by atoms with van der Waals surface area (Å²) in [7, 11) is -2.13. The normalized spacial score (nSPS) is 17.1. The molecule has 38 heavy (non-hydrogen) atoms. The van der Waals surface area contributed by atoms with Crippen LogP contribution in [0.3, 0.4) is 0 Å². The van der Waals surface area contributed by atoms with E-state index < -0.39 is 8.25 Å². The van der Waals surface area contributed by atoms with Crippen LogP contribution in [0.5, 0.6) is 0 Å². The third-order valence-electron chi connectivity index (χ3n) is 8.71. The zero-order chi connectivity index (χ0) is 28.6. The van der Waals surface area contributed by atoms with Gasteiger partial charge in [-0.3, -0.25) is 0 Å². The van der Waals surface area contributed by atoms with Crippen molar-refractivity contribution in [2.24, 2.45) is 23.7 Å². The van der Waals surface area contributed by atoms with E-state index in [1.54, 1.807) is 0 Å². The van der Waals surface area contributed by atoms with Gasteiger partial charge in [-0.2, -0.15) is 0 Å². The number of hydrogen-bond donors (Lipinski definition) is 0. The Morgan fingerprint density at radius 1 is 0.421 bits per heavy atom. The maximum absolute atomic E-state index is 13.5. The lowest BCUT2D eigenvalue weighted by molar-refractivity contribution is 0.0280. The van der Waals surface area contributed by atoms with E-state index in [9.17, 15) is 4.57 Å². The first-order chi connectivity index (χ1) is 18.3. The monoisotopic (exact) mass is 558 g/mol. The maximum Gasteiger partial charge on any atom is 0.697 e. The summed E-state index contributed by atoms with van der Waals surface area (Å²) in [4.78, 5) is 0. The first-order valence-corrected chi connectivity index (χ1v) is 18.2. The predicted molar refractivity (Wildman–Crippen MR) is 169 cm³/mol. The van der Waals surface area contributed by atoms with Crippen LogP contribution in [-0.2, 0) is 13.6 Å². The summed E-state index contributed by atoms with van der Waals surface area (Å²) < 4.78 is 26.3. The van der Waals surface area contributed by atoms with Gasteiger partial charge in [-0.1, -0.05) is 158 Å². The molecule has 3 nitrogen and oxygen atoms in total. The number of rotatable bonds is 28. The van der Waals surface area contributed by atoms with Gasteiger partial charge in [0.25, 0.3) is 0 Å². The van der Waals surface area contributed by atoms with Gasteiger partial charge in [-0.05, 0) is 49.4 Å². The molecule has 0 aromatic heterocycles. The molecule has 4 atom stereocenters. The minimum absolute atomic E-state index is 0.0160. The molecule has 0 aromatic carbocycles. The van der Waals surface area contributed by atoms with Crippen LogP contribution in [0.25, 0.3) is 0 Å². The molecule has 0 aromatic rings. The van der Waals surface area contributed by atoms with E-state index in [0.717, 1.165) is 25.7 Å². The highest BCUT2D eigenvalue weighted by Crippen LogP contribution is 2.40. The van der Waals surface area contributed by atoms with Crippen LogP contribution in [0.1, 0.15) is 184 Å². The highest BCUT2D eigenvalue weighted by molar-refractivity contribution is 7.33. The third kappa shape index (κ3) is 19.2. The van der Waals surface area contributed by atoms with Gasteiger partial charge in [-0.15, -0.1) is 9.05 Å². The van der Waals surface area contributed by atoms with E-state index in [4.69, 9.17) is 9.05 Å². The predicted octanol–water partition coefficient (Wildman–Crippen LogP) is 12.8. The molecule has 4 unspecified atom stereocenters. The van der Waals surface area contributed by atoms with Crippen molar-refractivity contribution in [3.05, 3.63) is 0 Å². The Labute approximate surface area is 241 Å². The molecule has 0 aliphatic heterocycles. The SMILES string of the molecule is CCCCCCC(C)C(O[P+](=O)OC(C(C)CCCCCC)C(C)CCCCCC)C(C)CCCCCC. The lowest BCUT2D eigenvalue weighted by Crippen LogP contribution is -2.30. The van der Waals surface area contributed by atoms with Crippen LogP contribution in [0, 0.1) is 23.7 Å². The second-order valence-corrected chi connectivity index (χ2v) is 13.5. The molecular formula is C34H70O3P+.